The quantitative estimate of drug-likeness (QED) is 0.719. The lowest BCUT2D eigenvalue weighted by Gasteiger charge is -2.31. The van der Waals surface area contributed by atoms with E-state index in [2.05, 4.69) is 45.5 Å². The van der Waals surface area contributed by atoms with Crippen LogP contribution < -0.4 is 0 Å². The molecule has 0 unspecified atom stereocenters. The van der Waals surface area contributed by atoms with Crippen LogP contribution in [0.1, 0.15) is 25.7 Å². The number of nitrogens with zero attached hydrogens (tertiary/aromatic N) is 2. The molecule has 16 heavy (non-hydrogen) atoms. The Labute approximate surface area is 108 Å². The van der Waals surface area contributed by atoms with Crippen LogP contribution in [-0.4, -0.2) is 60.6 Å². The molecule has 0 saturated carbocycles. The Hall–Kier alpha value is 0.620. The lowest BCUT2D eigenvalue weighted by Crippen LogP contribution is -2.32. The van der Waals surface area contributed by atoms with Crippen LogP contribution in [0.15, 0.2) is 0 Å². The SMILES string of the molecule is CN1CCC(SSC2CCN(C)CC2)CC1. The highest BCUT2D eigenvalue weighted by Crippen LogP contribution is 2.39. The lowest BCUT2D eigenvalue weighted by atomic mass is 10.1. The maximum atomic E-state index is 2.46. The molecule has 2 aliphatic rings. The van der Waals surface area contributed by atoms with Crippen molar-refractivity contribution in [2.45, 2.75) is 36.2 Å². The molecule has 4 heteroatoms. The molecule has 0 N–H and O–H groups in total. The molecule has 2 heterocycles. The van der Waals surface area contributed by atoms with Gasteiger partial charge >= 0.3 is 0 Å². The molecule has 94 valence electrons. The van der Waals surface area contributed by atoms with Gasteiger partial charge in [-0.1, -0.05) is 21.6 Å². The zero-order valence-corrected chi connectivity index (χ0v) is 12.2. The minimum absolute atomic E-state index is 0.917. The summed E-state index contributed by atoms with van der Waals surface area (Å²) in [5, 5.41) is 1.83. The molecule has 0 radical (unpaired) electrons. The Balaban J connectivity index is 1.60. The first-order valence-corrected chi connectivity index (χ1v) is 8.71. The average molecular weight is 260 g/mol. The van der Waals surface area contributed by atoms with Crippen LogP contribution in [0.5, 0.6) is 0 Å². The lowest BCUT2D eigenvalue weighted by molar-refractivity contribution is 0.281. The number of hydrogen-bond donors (Lipinski definition) is 0. The predicted molar refractivity (Wildman–Crippen MR) is 76.2 cm³/mol. The third-order valence-electron chi connectivity index (χ3n) is 3.66. The molecule has 2 fully saturated rings. The van der Waals surface area contributed by atoms with Crippen LogP contribution >= 0.6 is 21.6 Å². The first-order valence-electron chi connectivity index (χ1n) is 6.43. The third kappa shape index (κ3) is 4.13. The Kier molecular flexibility index (Phi) is 5.33. The fraction of sp³-hybridized carbons (Fsp3) is 1.00. The second-order valence-corrected chi connectivity index (χ2v) is 8.07. The van der Waals surface area contributed by atoms with Crippen LogP contribution in [-0.2, 0) is 0 Å². The van der Waals surface area contributed by atoms with Crippen LogP contribution in [0.25, 0.3) is 0 Å². The molecular weight excluding hydrogens is 236 g/mol. The van der Waals surface area contributed by atoms with Gasteiger partial charge < -0.3 is 9.80 Å². The van der Waals surface area contributed by atoms with Crippen molar-refractivity contribution >= 4 is 21.6 Å². The topological polar surface area (TPSA) is 6.48 Å². The van der Waals surface area contributed by atoms with Gasteiger partial charge in [-0.3, -0.25) is 0 Å². The maximum Gasteiger partial charge on any atom is 0.0175 e. The first-order chi connectivity index (χ1) is 7.74. The normalized spacial score (nSPS) is 27.4. The van der Waals surface area contributed by atoms with Gasteiger partial charge in [0, 0.05) is 10.5 Å². The van der Waals surface area contributed by atoms with Gasteiger partial charge in [0.25, 0.3) is 0 Å². The summed E-state index contributed by atoms with van der Waals surface area (Å²) in [5.41, 5.74) is 0. The van der Waals surface area contributed by atoms with E-state index in [1.807, 2.05) is 0 Å². The van der Waals surface area contributed by atoms with Crippen molar-refractivity contribution in [1.29, 1.82) is 0 Å². The van der Waals surface area contributed by atoms with Crippen LogP contribution in [0.2, 0.25) is 0 Å². The van der Waals surface area contributed by atoms with Crippen molar-refractivity contribution < 1.29 is 0 Å². The fourth-order valence-electron chi connectivity index (χ4n) is 2.32. The fourth-order valence-corrected chi connectivity index (χ4v) is 5.54. The molecule has 2 aliphatic heterocycles. The molecule has 0 atom stereocenters. The van der Waals surface area contributed by atoms with E-state index in [1.54, 1.807) is 0 Å². The van der Waals surface area contributed by atoms with Gasteiger partial charge in [-0.15, -0.1) is 0 Å². The molecule has 0 amide bonds. The van der Waals surface area contributed by atoms with E-state index in [0.717, 1.165) is 10.5 Å². The Morgan fingerprint density at radius 3 is 1.31 bits per heavy atom. The summed E-state index contributed by atoms with van der Waals surface area (Å²) in [7, 11) is 8.84. The summed E-state index contributed by atoms with van der Waals surface area (Å²) in [6.45, 7) is 5.19. The molecule has 0 bridgehead atoms. The van der Waals surface area contributed by atoms with E-state index >= 15 is 0 Å². The highest BCUT2D eigenvalue weighted by molar-refractivity contribution is 8.77. The first kappa shape index (κ1) is 13.1. The maximum absolute atomic E-state index is 2.46. The minimum atomic E-state index is 0.917. The zero-order chi connectivity index (χ0) is 11.4. The Morgan fingerprint density at radius 2 is 1.00 bits per heavy atom. The van der Waals surface area contributed by atoms with E-state index in [1.165, 1.54) is 51.9 Å². The molecule has 2 saturated heterocycles. The van der Waals surface area contributed by atoms with Gasteiger partial charge in [0.05, 0.1) is 0 Å². The summed E-state index contributed by atoms with van der Waals surface area (Å²) in [4.78, 5) is 4.91. The van der Waals surface area contributed by atoms with Gasteiger partial charge in [0.15, 0.2) is 0 Å². The number of rotatable bonds is 3. The van der Waals surface area contributed by atoms with Crippen LogP contribution in [0.4, 0.5) is 0 Å². The molecule has 2 rings (SSSR count). The second kappa shape index (κ2) is 6.53. The molecular formula is C12H24N2S2. The van der Waals surface area contributed by atoms with E-state index in [4.69, 9.17) is 0 Å². The van der Waals surface area contributed by atoms with E-state index in [0.29, 0.717) is 0 Å². The third-order valence-corrected chi connectivity index (χ3v) is 7.22. The molecule has 0 aromatic heterocycles. The van der Waals surface area contributed by atoms with Crippen molar-refractivity contribution in [3.05, 3.63) is 0 Å². The molecule has 0 spiro atoms. The second-order valence-electron chi connectivity index (χ2n) is 5.20. The van der Waals surface area contributed by atoms with Crippen molar-refractivity contribution in [1.82, 2.24) is 9.80 Å². The summed E-state index contributed by atoms with van der Waals surface area (Å²) in [5.74, 6) is 0. The minimum Gasteiger partial charge on any atom is -0.306 e. The van der Waals surface area contributed by atoms with Crippen LogP contribution in [0, 0.1) is 0 Å². The van der Waals surface area contributed by atoms with E-state index in [9.17, 15) is 0 Å². The number of likely N-dealkylation sites (tertiary alicyclic amines) is 2. The van der Waals surface area contributed by atoms with E-state index in [-0.39, 0.29) is 0 Å². The van der Waals surface area contributed by atoms with Gasteiger partial charge in [0.1, 0.15) is 0 Å². The molecule has 0 aromatic carbocycles. The number of hydrogen-bond acceptors (Lipinski definition) is 4. The van der Waals surface area contributed by atoms with E-state index < -0.39 is 0 Å². The Morgan fingerprint density at radius 1 is 0.688 bits per heavy atom. The largest absolute Gasteiger partial charge is 0.306 e. The summed E-state index contributed by atoms with van der Waals surface area (Å²) < 4.78 is 0. The van der Waals surface area contributed by atoms with Crippen molar-refractivity contribution in [2.75, 3.05) is 40.3 Å². The van der Waals surface area contributed by atoms with Crippen molar-refractivity contribution in [3.63, 3.8) is 0 Å². The molecule has 2 nitrogen and oxygen atoms in total. The Bertz CT molecular complexity index is 175. The molecule has 0 aliphatic carbocycles. The summed E-state index contributed by atoms with van der Waals surface area (Å²) >= 11 is 0. The summed E-state index contributed by atoms with van der Waals surface area (Å²) in [6, 6.07) is 0. The number of piperidine rings is 2. The zero-order valence-electron chi connectivity index (χ0n) is 10.5. The summed E-state index contributed by atoms with van der Waals surface area (Å²) in [6.07, 6.45) is 5.56. The standard InChI is InChI=1S/C12H24N2S2/c1-13-7-3-11(4-8-13)15-16-12-5-9-14(2)10-6-12/h11-12H,3-10H2,1-2H3. The highest BCUT2D eigenvalue weighted by Gasteiger charge is 2.21. The average Bonchev–Trinajstić information content (AvgIpc) is 2.30. The van der Waals surface area contributed by atoms with Crippen molar-refractivity contribution in [3.8, 4) is 0 Å². The highest BCUT2D eigenvalue weighted by atomic mass is 33.1. The smallest absolute Gasteiger partial charge is 0.0175 e. The monoisotopic (exact) mass is 260 g/mol. The van der Waals surface area contributed by atoms with Crippen LogP contribution in [0.3, 0.4) is 0 Å². The van der Waals surface area contributed by atoms with Gasteiger partial charge in [-0.05, 0) is 66.0 Å². The predicted octanol–water partition coefficient (Wildman–Crippen LogP) is 2.56. The van der Waals surface area contributed by atoms with Gasteiger partial charge in [-0.2, -0.15) is 0 Å². The molecule has 0 aromatic rings. The van der Waals surface area contributed by atoms with Crippen molar-refractivity contribution in [2.24, 2.45) is 0 Å². The van der Waals surface area contributed by atoms with Gasteiger partial charge in [0.2, 0.25) is 0 Å². The van der Waals surface area contributed by atoms with Gasteiger partial charge in [-0.25, -0.2) is 0 Å².